The van der Waals surface area contributed by atoms with E-state index >= 15 is 0 Å². The molecule has 1 atom stereocenters. The van der Waals surface area contributed by atoms with Crippen molar-refractivity contribution < 1.29 is 19.4 Å². The Morgan fingerprint density at radius 2 is 1.67 bits per heavy atom. The fourth-order valence-corrected chi connectivity index (χ4v) is 3.58. The van der Waals surface area contributed by atoms with Crippen molar-refractivity contribution in [1.82, 2.24) is 4.98 Å². The van der Waals surface area contributed by atoms with E-state index in [1.807, 2.05) is 13.0 Å². The number of amides is 1. The van der Waals surface area contributed by atoms with Crippen LogP contribution in [-0.4, -0.2) is 28.4 Å². The number of hydrogen-bond acceptors (Lipinski definition) is 5. The number of hydrogen-bond donors (Lipinski definition) is 1. The number of ketones is 1. The van der Waals surface area contributed by atoms with Crippen LogP contribution in [0, 0.1) is 0 Å². The van der Waals surface area contributed by atoms with Crippen molar-refractivity contribution in [3.63, 3.8) is 0 Å². The van der Waals surface area contributed by atoms with Gasteiger partial charge in [-0.2, -0.15) is 0 Å². The molecule has 1 saturated heterocycles. The molecule has 0 bridgehead atoms. The summed E-state index contributed by atoms with van der Waals surface area (Å²) in [5, 5.41) is 11.0. The zero-order valence-corrected chi connectivity index (χ0v) is 16.4. The molecule has 30 heavy (non-hydrogen) atoms. The van der Waals surface area contributed by atoms with Gasteiger partial charge in [0.05, 0.1) is 18.2 Å². The SMILES string of the molecule is CCOc1ccc(N2C(=O)C(=O)/C(=C(\O)c3ccccc3)C2c2ccncc2)cc1. The number of carbonyl (C=O) groups excluding carboxylic acids is 2. The molecule has 1 aromatic heterocycles. The first-order chi connectivity index (χ1) is 14.6. The van der Waals surface area contributed by atoms with E-state index in [0.29, 0.717) is 29.2 Å². The molecule has 1 amide bonds. The Morgan fingerprint density at radius 3 is 2.30 bits per heavy atom. The molecule has 1 N–H and O–H groups in total. The molecular weight excluding hydrogens is 380 g/mol. The lowest BCUT2D eigenvalue weighted by Gasteiger charge is -2.25. The monoisotopic (exact) mass is 400 g/mol. The molecule has 150 valence electrons. The van der Waals surface area contributed by atoms with Gasteiger partial charge in [0.1, 0.15) is 11.5 Å². The number of aromatic nitrogens is 1. The van der Waals surface area contributed by atoms with Crippen molar-refractivity contribution in [1.29, 1.82) is 0 Å². The molecule has 0 aliphatic carbocycles. The van der Waals surface area contributed by atoms with Crippen LogP contribution in [-0.2, 0) is 9.59 Å². The van der Waals surface area contributed by atoms with Gasteiger partial charge in [-0.15, -0.1) is 0 Å². The fraction of sp³-hybridized carbons (Fsp3) is 0.125. The highest BCUT2D eigenvalue weighted by Crippen LogP contribution is 2.42. The number of benzene rings is 2. The Morgan fingerprint density at radius 1 is 1.00 bits per heavy atom. The minimum atomic E-state index is -0.772. The second-order valence-corrected chi connectivity index (χ2v) is 6.74. The number of carbonyl (C=O) groups is 2. The summed E-state index contributed by atoms with van der Waals surface area (Å²) in [6, 6.07) is 18.4. The van der Waals surface area contributed by atoms with Gasteiger partial charge in [0.2, 0.25) is 0 Å². The predicted molar refractivity (Wildman–Crippen MR) is 113 cm³/mol. The summed E-state index contributed by atoms with van der Waals surface area (Å²) < 4.78 is 5.47. The topological polar surface area (TPSA) is 79.7 Å². The van der Waals surface area contributed by atoms with Crippen molar-refractivity contribution in [3.05, 3.63) is 95.8 Å². The molecule has 1 fully saturated rings. The maximum Gasteiger partial charge on any atom is 0.300 e. The quantitative estimate of drug-likeness (QED) is 0.396. The normalized spacial score (nSPS) is 17.9. The molecule has 1 unspecified atom stereocenters. The van der Waals surface area contributed by atoms with Gasteiger partial charge in [-0.3, -0.25) is 19.5 Å². The molecule has 6 nitrogen and oxygen atoms in total. The van der Waals surface area contributed by atoms with Crippen LogP contribution in [0.4, 0.5) is 5.69 Å². The van der Waals surface area contributed by atoms with Crippen molar-refractivity contribution >= 4 is 23.1 Å². The number of anilines is 1. The van der Waals surface area contributed by atoms with E-state index in [4.69, 9.17) is 4.74 Å². The highest BCUT2D eigenvalue weighted by atomic mass is 16.5. The van der Waals surface area contributed by atoms with Crippen LogP contribution in [0.25, 0.3) is 5.76 Å². The van der Waals surface area contributed by atoms with Gasteiger partial charge in [-0.25, -0.2) is 0 Å². The van der Waals surface area contributed by atoms with Gasteiger partial charge in [0.15, 0.2) is 0 Å². The van der Waals surface area contributed by atoms with Crippen LogP contribution in [0.1, 0.15) is 24.1 Å². The first-order valence-corrected chi connectivity index (χ1v) is 9.61. The van der Waals surface area contributed by atoms with E-state index in [-0.39, 0.29) is 11.3 Å². The number of Topliss-reactive ketones (excluding diaryl/α,β-unsaturated/α-hetero) is 1. The summed E-state index contributed by atoms with van der Waals surface area (Å²) in [4.78, 5) is 31.5. The standard InChI is InChI=1S/C24H20N2O4/c1-2-30-19-10-8-18(9-11-19)26-21(16-12-14-25-15-13-16)20(23(28)24(26)29)22(27)17-6-4-3-5-7-17/h3-15,21,27H,2H2,1H3/b22-20-. The third-order valence-corrected chi connectivity index (χ3v) is 4.94. The van der Waals surface area contributed by atoms with Crippen molar-refractivity contribution in [2.24, 2.45) is 0 Å². The molecule has 1 aliphatic heterocycles. The van der Waals surface area contributed by atoms with E-state index in [1.165, 1.54) is 4.90 Å². The minimum absolute atomic E-state index is 0.0475. The molecule has 1 aliphatic rings. The Hall–Kier alpha value is -3.93. The lowest BCUT2D eigenvalue weighted by atomic mass is 9.96. The Bertz CT molecular complexity index is 1090. The molecular formula is C24H20N2O4. The second kappa shape index (κ2) is 8.21. The number of aliphatic hydroxyl groups is 1. The number of nitrogens with zero attached hydrogens (tertiary/aromatic N) is 2. The molecule has 2 heterocycles. The van der Waals surface area contributed by atoms with Crippen LogP contribution >= 0.6 is 0 Å². The highest BCUT2D eigenvalue weighted by Gasteiger charge is 2.46. The Labute approximate surface area is 174 Å². The van der Waals surface area contributed by atoms with Gasteiger partial charge >= 0.3 is 0 Å². The Kier molecular flexibility index (Phi) is 5.30. The first kappa shape index (κ1) is 19.4. The average molecular weight is 400 g/mol. The summed E-state index contributed by atoms with van der Waals surface area (Å²) in [5.41, 5.74) is 1.73. The molecule has 0 radical (unpaired) electrons. The smallest absolute Gasteiger partial charge is 0.300 e. The van der Waals surface area contributed by atoms with E-state index in [0.717, 1.165) is 0 Å². The van der Waals surface area contributed by atoms with Crippen molar-refractivity contribution in [2.45, 2.75) is 13.0 Å². The molecule has 6 heteroatoms. The fourth-order valence-electron chi connectivity index (χ4n) is 3.58. The third-order valence-electron chi connectivity index (χ3n) is 4.94. The molecule has 2 aromatic carbocycles. The van der Waals surface area contributed by atoms with E-state index in [1.54, 1.807) is 73.1 Å². The summed E-state index contributed by atoms with van der Waals surface area (Å²) >= 11 is 0. The summed E-state index contributed by atoms with van der Waals surface area (Å²) in [6.07, 6.45) is 3.19. The summed E-state index contributed by atoms with van der Waals surface area (Å²) in [5.74, 6) is -0.961. The number of aliphatic hydroxyl groups excluding tert-OH is 1. The summed E-state index contributed by atoms with van der Waals surface area (Å²) in [6.45, 7) is 2.41. The van der Waals surface area contributed by atoms with E-state index < -0.39 is 17.7 Å². The van der Waals surface area contributed by atoms with Crippen LogP contribution in [0.15, 0.2) is 84.7 Å². The van der Waals surface area contributed by atoms with Crippen molar-refractivity contribution in [2.75, 3.05) is 11.5 Å². The third kappa shape index (κ3) is 3.43. The molecule has 0 spiro atoms. The van der Waals surface area contributed by atoms with Crippen LogP contribution in [0.5, 0.6) is 5.75 Å². The molecule has 4 rings (SSSR count). The molecule has 0 saturated carbocycles. The van der Waals surface area contributed by atoms with Gasteiger partial charge in [0, 0.05) is 23.6 Å². The van der Waals surface area contributed by atoms with E-state index in [2.05, 4.69) is 4.98 Å². The van der Waals surface area contributed by atoms with Gasteiger partial charge < -0.3 is 9.84 Å². The number of rotatable bonds is 5. The maximum absolute atomic E-state index is 13.0. The van der Waals surface area contributed by atoms with Gasteiger partial charge in [0.25, 0.3) is 11.7 Å². The van der Waals surface area contributed by atoms with Crippen LogP contribution in [0.3, 0.4) is 0 Å². The highest BCUT2D eigenvalue weighted by molar-refractivity contribution is 6.51. The van der Waals surface area contributed by atoms with E-state index in [9.17, 15) is 14.7 Å². The average Bonchev–Trinajstić information content (AvgIpc) is 3.06. The minimum Gasteiger partial charge on any atom is -0.507 e. The number of ether oxygens (including phenoxy) is 1. The zero-order chi connectivity index (χ0) is 21.1. The lowest BCUT2D eigenvalue weighted by Crippen LogP contribution is -2.29. The largest absolute Gasteiger partial charge is 0.507 e. The zero-order valence-electron chi connectivity index (χ0n) is 16.4. The van der Waals surface area contributed by atoms with Gasteiger partial charge in [-0.1, -0.05) is 30.3 Å². The predicted octanol–water partition coefficient (Wildman–Crippen LogP) is 4.11. The number of pyridine rings is 1. The van der Waals surface area contributed by atoms with Crippen LogP contribution < -0.4 is 9.64 Å². The van der Waals surface area contributed by atoms with Crippen LogP contribution in [0.2, 0.25) is 0 Å². The maximum atomic E-state index is 13.0. The Balaban J connectivity index is 1.87. The van der Waals surface area contributed by atoms with Crippen molar-refractivity contribution in [3.8, 4) is 5.75 Å². The van der Waals surface area contributed by atoms with Gasteiger partial charge in [-0.05, 0) is 48.9 Å². The second-order valence-electron chi connectivity index (χ2n) is 6.74. The molecule has 3 aromatic rings. The summed E-state index contributed by atoms with van der Waals surface area (Å²) in [7, 11) is 0. The first-order valence-electron chi connectivity index (χ1n) is 9.61. The lowest BCUT2D eigenvalue weighted by molar-refractivity contribution is -0.132.